The van der Waals surface area contributed by atoms with Crippen molar-refractivity contribution in [2.45, 2.75) is 26.7 Å². The zero-order valence-corrected chi connectivity index (χ0v) is 11.6. The molecule has 0 fully saturated rings. The Kier molecular flexibility index (Phi) is 2.90. The smallest absolute Gasteiger partial charge is 0.223 e. The van der Waals surface area contributed by atoms with E-state index in [1.54, 1.807) is 7.11 Å². The molecule has 2 heterocycles. The van der Waals surface area contributed by atoms with E-state index in [4.69, 9.17) is 4.74 Å². The minimum Gasteiger partial charge on any atom is -0.480 e. The van der Waals surface area contributed by atoms with Gasteiger partial charge in [0.05, 0.1) is 18.0 Å². The average molecular weight is 254 g/mol. The summed E-state index contributed by atoms with van der Waals surface area (Å²) in [5.74, 6) is 0.713. The van der Waals surface area contributed by atoms with Crippen molar-refractivity contribution in [2.75, 3.05) is 7.11 Å². The van der Waals surface area contributed by atoms with E-state index in [0.29, 0.717) is 5.88 Å². The number of benzene rings is 1. The van der Waals surface area contributed by atoms with Gasteiger partial charge in [-0.2, -0.15) is 0 Å². The standard InChI is InChI=1S/C16H18N2O/c1-4-7-11-10(2)17-16(19-3)14-12-8-5-6-9-13(12)18-15(11)14/h5-6,8-9,18H,4,7H2,1-3H3. The van der Waals surface area contributed by atoms with Crippen LogP contribution in [0.5, 0.6) is 5.88 Å². The van der Waals surface area contributed by atoms with Crippen LogP contribution in [0.2, 0.25) is 0 Å². The maximum atomic E-state index is 5.48. The summed E-state index contributed by atoms with van der Waals surface area (Å²) in [5, 5.41) is 2.28. The highest BCUT2D eigenvalue weighted by atomic mass is 16.5. The molecule has 3 nitrogen and oxygen atoms in total. The highest BCUT2D eigenvalue weighted by Crippen LogP contribution is 2.35. The second-order valence-electron chi connectivity index (χ2n) is 4.86. The number of aromatic nitrogens is 2. The van der Waals surface area contributed by atoms with Crippen molar-refractivity contribution in [3.63, 3.8) is 0 Å². The van der Waals surface area contributed by atoms with Gasteiger partial charge in [0.2, 0.25) is 5.88 Å². The summed E-state index contributed by atoms with van der Waals surface area (Å²) >= 11 is 0. The van der Waals surface area contributed by atoms with Gasteiger partial charge in [-0.15, -0.1) is 0 Å². The second-order valence-corrected chi connectivity index (χ2v) is 4.86. The molecule has 0 amide bonds. The third kappa shape index (κ3) is 1.77. The van der Waals surface area contributed by atoms with Crippen LogP contribution in [0, 0.1) is 6.92 Å². The summed E-state index contributed by atoms with van der Waals surface area (Å²) < 4.78 is 5.48. The Hall–Kier alpha value is -2.03. The molecule has 19 heavy (non-hydrogen) atoms. The van der Waals surface area contributed by atoms with Gasteiger partial charge in [-0.1, -0.05) is 31.5 Å². The van der Waals surface area contributed by atoms with Gasteiger partial charge in [0, 0.05) is 16.6 Å². The van der Waals surface area contributed by atoms with E-state index >= 15 is 0 Å². The molecule has 0 aliphatic rings. The molecule has 0 radical (unpaired) electrons. The third-order valence-corrected chi connectivity index (χ3v) is 3.62. The Morgan fingerprint density at radius 1 is 1.26 bits per heavy atom. The number of rotatable bonds is 3. The summed E-state index contributed by atoms with van der Waals surface area (Å²) in [7, 11) is 1.68. The normalized spacial score (nSPS) is 11.3. The number of nitrogens with one attached hydrogen (secondary N) is 1. The molecule has 0 spiro atoms. The highest BCUT2D eigenvalue weighted by molar-refractivity contribution is 6.10. The Morgan fingerprint density at radius 3 is 2.79 bits per heavy atom. The van der Waals surface area contributed by atoms with Crippen molar-refractivity contribution in [3.05, 3.63) is 35.5 Å². The molecular weight excluding hydrogens is 236 g/mol. The summed E-state index contributed by atoms with van der Waals surface area (Å²) in [6.07, 6.45) is 2.14. The fraction of sp³-hybridized carbons (Fsp3) is 0.312. The lowest BCUT2D eigenvalue weighted by Gasteiger charge is -2.09. The van der Waals surface area contributed by atoms with Crippen molar-refractivity contribution in [3.8, 4) is 5.88 Å². The highest BCUT2D eigenvalue weighted by Gasteiger charge is 2.16. The number of H-pyrrole nitrogens is 1. The van der Waals surface area contributed by atoms with Crippen LogP contribution >= 0.6 is 0 Å². The molecule has 0 saturated carbocycles. The second kappa shape index (κ2) is 4.57. The summed E-state index contributed by atoms with van der Waals surface area (Å²) in [4.78, 5) is 8.15. The van der Waals surface area contributed by atoms with Gasteiger partial charge in [-0.25, -0.2) is 4.98 Å². The molecule has 2 aromatic heterocycles. The van der Waals surface area contributed by atoms with Crippen LogP contribution in [0.15, 0.2) is 24.3 Å². The molecule has 3 aromatic rings. The minimum atomic E-state index is 0.713. The number of para-hydroxylation sites is 1. The van der Waals surface area contributed by atoms with Crippen molar-refractivity contribution in [1.82, 2.24) is 9.97 Å². The van der Waals surface area contributed by atoms with Crippen LogP contribution in [0.3, 0.4) is 0 Å². The third-order valence-electron chi connectivity index (χ3n) is 3.62. The first-order valence-corrected chi connectivity index (χ1v) is 6.70. The van der Waals surface area contributed by atoms with Crippen LogP contribution in [-0.2, 0) is 6.42 Å². The van der Waals surface area contributed by atoms with Gasteiger partial charge in [0.1, 0.15) is 0 Å². The zero-order chi connectivity index (χ0) is 13.4. The Labute approximate surface area is 112 Å². The van der Waals surface area contributed by atoms with E-state index in [9.17, 15) is 0 Å². The summed E-state index contributed by atoms with van der Waals surface area (Å²) in [6, 6.07) is 8.31. The van der Waals surface area contributed by atoms with Crippen molar-refractivity contribution < 1.29 is 4.74 Å². The van der Waals surface area contributed by atoms with E-state index in [2.05, 4.69) is 42.0 Å². The Morgan fingerprint density at radius 2 is 2.05 bits per heavy atom. The maximum Gasteiger partial charge on any atom is 0.223 e. The van der Waals surface area contributed by atoms with Gasteiger partial charge in [-0.3, -0.25) is 0 Å². The molecular formula is C16H18N2O. The van der Waals surface area contributed by atoms with E-state index < -0.39 is 0 Å². The van der Waals surface area contributed by atoms with Crippen LogP contribution in [0.4, 0.5) is 0 Å². The quantitative estimate of drug-likeness (QED) is 0.767. The monoisotopic (exact) mass is 254 g/mol. The molecule has 0 bridgehead atoms. The lowest BCUT2D eigenvalue weighted by molar-refractivity contribution is 0.402. The first kappa shape index (κ1) is 12.0. The molecule has 1 N–H and O–H groups in total. The van der Waals surface area contributed by atoms with Crippen molar-refractivity contribution in [2.24, 2.45) is 0 Å². The molecule has 0 aliphatic carbocycles. The molecule has 0 atom stereocenters. The van der Waals surface area contributed by atoms with Gasteiger partial charge >= 0.3 is 0 Å². The number of pyridine rings is 1. The van der Waals surface area contributed by atoms with E-state index in [1.807, 2.05) is 6.07 Å². The predicted octanol–water partition coefficient (Wildman–Crippen LogP) is 3.99. The largest absolute Gasteiger partial charge is 0.480 e. The number of hydrogen-bond donors (Lipinski definition) is 1. The van der Waals surface area contributed by atoms with Crippen LogP contribution in [0.1, 0.15) is 24.6 Å². The lowest BCUT2D eigenvalue weighted by atomic mass is 10.0. The van der Waals surface area contributed by atoms with Crippen molar-refractivity contribution >= 4 is 21.8 Å². The number of methoxy groups -OCH3 is 1. The summed E-state index contributed by atoms with van der Waals surface area (Å²) in [5.41, 5.74) is 4.67. The van der Waals surface area contributed by atoms with Gasteiger partial charge in [0.25, 0.3) is 0 Å². The van der Waals surface area contributed by atoms with Gasteiger partial charge < -0.3 is 9.72 Å². The predicted molar refractivity (Wildman–Crippen MR) is 78.9 cm³/mol. The summed E-state index contributed by atoms with van der Waals surface area (Å²) in [6.45, 7) is 4.25. The van der Waals surface area contributed by atoms with E-state index in [1.165, 1.54) is 16.5 Å². The molecule has 3 heteroatoms. The zero-order valence-electron chi connectivity index (χ0n) is 11.6. The number of aromatic amines is 1. The Bertz CT molecular complexity index is 743. The number of fused-ring (bicyclic) bond motifs is 3. The fourth-order valence-electron chi connectivity index (χ4n) is 2.75. The minimum absolute atomic E-state index is 0.713. The first-order valence-electron chi connectivity index (χ1n) is 6.70. The maximum absolute atomic E-state index is 5.48. The van der Waals surface area contributed by atoms with Crippen molar-refractivity contribution in [1.29, 1.82) is 0 Å². The first-order chi connectivity index (χ1) is 9.26. The number of aryl methyl sites for hydroxylation is 2. The molecule has 0 unspecified atom stereocenters. The van der Waals surface area contributed by atoms with Crippen LogP contribution < -0.4 is 4.74 Å². The van der Waals surface area contributed by atoms with E-state index in [0.717, 1.165) is 29.4 Å². The topological polar surface area (TPSA) is 37.9 Å². The molecule has 3 rings (SSSR count). The lowest BCUT2D eigenvalue weighted by Crippen LogP contribution is -1.98. The molecule has 1 aromatic carbocycles. The number of hydrogen-bond acceptors (Lipinski definition) is 2. The fourth-order valence-corrected chi connectivity index (χ4v) is 2.75. The Balaban J connectivity index is 2.48. The van der Waals surface area contributed by atoms with Gasteiger partial charge in [0.15, 0.2) is 0 Å². The van der Waals surface area contributed by atoms with Crippen LogP contribution in [0.25, 0.3) is 21.8 Å². The van der Waals surface area contributed by atoms with Crippen LogP contribution in [-0.4, -0.2) is 17.1 Å². The molecule has 98 valence electrons. The van der Waals surface area contributed by atoms with E-state index in [-0.39, 0.29) is 0 Å². The average Bonchev–Trinajstić information content (AvgIpc) is 2.81. The van der Waals surface area contributed by atoms with Gasteiger partial charge in [-0.05, 0) is 25.0 Å². The molecule has 0 aliphatic heterocycles. The number of nitrogens with zero attached hydrogens (tertiary/aromatic N) is 1. The number of ether oxygens (including phenoxy) is 1. The molecule has 0 saturated heterocycles. The SMILES string of the molecule is CCCc1c(C)nc(OC)c2c1[nH]c1ccccc12.